The Morgan fingerprint density at radius 1 is 1.16 bits per heavy atom. The average Bonchev–Trinajstić information content (AvgIpc) is 3.12. The predicted octanol–water partition coefficient (Wildman–Crippen LogP) is 3.02. The standard InChI is InChI=1S/C18H25BrN4O2/c1-4-20-18(21-7-10-23-8-5-6-9-23)22-13-14-11-15(19)17(25-3)16(12-14)24-2/h5-6,8-9,11-12H,4,7,10,13H2,1-3H3,(H2,20,21,22). The van der Waals surface area contributed by atoms with Gasteiger partial charge in [0.1, 0.15) is 0 Å². The normalized spacial score (nSPS) is 11.3. The highest BCUT2D eigenvalue weighted by Crippen LogP contribution is 2.36. The molecule has 1 aromatic heterocycles. The van der Waals surface area contributed by atoms with Crippen molar-refractivity contribution in [2.24, 2.45) is 4.99 Å². The molecule has 0 atom stereocenters. The third-order valence-electron chi connectivity index (χ3n) is 3.59. The van der Waals surface area contributed by atoms with Crippen LogP contribution in [0.5, 0.6) is 11.5 Å². The number of rotatable bonds is 8. The van der Waals surface area contributed by atoms with Crippen LogP contribution in [0.4, 0.5) is 0 Å². The highest BCUT2D eigenvalue weighted by molar-refractivity contribution is 9.10. The Morgan fingerprint density at radius 3 is 2.56 bits per heavy atom. The van der Waals surface area contributed by atoms with Crippen molar-refractivity contribution in [1.82, 2.24) is 15.2 Å². The van der Waals surface area contributed by atoms with Crippen LogP contribution < -0.4 is 20.1 Å². The molecule has 1 aromatic carbocycles. The second-order valence-corrected chi connectivity index (χ2v) is 6.21. The summed E-state index contributed by atoms with van der Waals surface area (Å²) in [6.45, 7) is 5.09. The van der Waals surface area contributed by atoms with Gasteiger partial charge < -0.3 is 24.7 Å². The summed E-state index contributed by atoms with van der Waals surface area (Å²) in [5, 5.41) is 6.61. The van der Waals surface area contributed by atoms with Gasteiger partial charge >= 0.3 is 0 Å². The molecule has 2 N–H and O–H groups in total. The zero-order valence-electron chi connectivity index (χ0n) is 14.9. The van der Waals surface area contributed by atoms with E-state index >= 15 is 0 Å². The topological polar surface area (TPSA) is 59.8 Å². The number of nitrogens with one attached hydrogen (secondary N) is 2. The summed E-state index contributed by atoms with van der Waals surface area (Å²) >= 11 is 3.51. The van der Waals surface area contributed by atoms with Crippen molar-refractivity contribution in [3.63, 3.8) is 0 Å². The number of nitrogens with zero attached hydrogens (tertiary/aromatic N) is 2. The van der Waals surface area contributed by atoms with E-state index in [2.05, 4.69) is 43.0 Å². The first-order valence-corrected chi connectivity index (χ1v) is 9.00. The maximum atomic E-state index is 5.38. The van der Waals surface area contributed by atoms with Crippen molar-refractivity contribution in [3.05, 3.63) is 46.7 Å². The molecule has 6 nitrogen and oxygen atoms in total. The Hall–Kier alpha value is -2.15. The first-order chi connectivity index (χ1) is 12.2. The van der Waals surface area contributed by atoms with Crippen molar-refractivity contribution in [2.75, 3.05) is 27.3 Å². The lowest BCUT2D eigenvalue weighted by Gasteiger charge is -2.13. The monoisotopic (exact) mass is 408 g/mol. The molecule has 2 aromatic rings. The van der Waals surface area contributed by atoms with E-state index in [9.17, 15) is 0 Å². The highest BCUT2D eigenvalue weighted by atomic mass is 79.9. The van der Waals surface area contributed by atoms with E-state index in [-0.39, 0.29) is 0 Å². The number of aliphatic imine (C=N–C) groups is 1. The Morgan fingerprint density at radius 2 is 1.92 bits per heavy atom. The minimum Gasteiger partial charge on any atom is -0.493 e. The number of aromatic nitrogens is 1. The Bertz CT molecular complexity index is 687. The number of guanidine groups is 1. The van der Waals surface area contributed by atoms with E-state index < -0.39 is 0 Å². The van der Waals surface area contributed by atoms with Crippen molar-refractivity contribution >= 4 is 21.9 Å². The average molecular weight is 409 g/mol. The molecule has 0 radical (unpaired) electrons. The van der Waals surface area contributed by atoms with Gasteiger partial charge in [-0.1, -0.05) is 0 Å². The number of hydrogen-bond donors (Lipinski definition) is 2. The van der Waals surface area contributed by atoms with Crippen molar-refractivity contribution in [2.45, 2.75) is 20.0 Å². The van der Waals surface area contributed by atoms with Crippen LogP contribution in [0.15, 0.2) is 46.1 Å². The predicted molar refractivity (Wildman–Crippen MR) is 104 cm³/mol. The quantitative estimate of drug-likeness (QED) is 0.520. The number of benzene rings is 1. The van der Waals surface area contributed by atoms with Crippen LogP contribution in [0.25, 0.3) is 0 Å². The van der Waals surface area contributed by atoms with Crippen LogP contribution in [0.2, 0.25) is 0 Å². The van der Waals surface area contributed by atoms with E-state index in [1.54, 1.807) is 14.2 Å². The van der Waals surface area contributed by atoms with E-state index in [0.717, 1.165) is 35.6 Å². The lowest BCUT2D eigenvalue weighted by Crippen LogP contribution is -2.38. The summed E-state index contributed by atoms with van der Waals surface area (Å²) in [6, 6.07) is 7.98. The Balaban J connectivity index is 2.01. The zero-order valence-corrected chi connectivity index (χ0v) is 16.5. The van der Waals surface area contributed by atoms with Crippen LogP contribution in [0, 0.1) is 0 Å². The molecular weight excluding hydrogens is 384 g/mol. The molecular formula is C18H25BrN4O2. The van der Waals surface area contributed by atoms with Gasteiger partial charge in [-0.2, -0.15) is 0 Å². The minimum absolute atomic E-state index is 0.539. The number of ether oxygens (including phenoxy) is 2. The largest absolute Gasteiger partial charge is 0.493 e. The van der Waals surface area contributed by atoms with Gasteiger partial charge in [-0.05, 0) is 52.7 Å². The molecule has 7 heteroatoms. The van der Waals surface area contributed by atoms with Crippen LogP contribution in [0.1, 0.15) is 12.5 Å². The lowest BCUT2D eigenvalue weighted by atomic mass is 10.2. The van der Waals surface area contributed by atoms with Gasteiger partial charge in [0.25, 0.3) is 0 Å². The van der Waals surface area contributed by atoms with E-state index in [1.165, 1.54) is 0 Å². The third kappa shape index (κ3) is 5.70. The van der Waals surface area contributed by atoms with Crippen molar-refractivity contribution < 1.29 is 9.47 Å². The molecule has 0 aliphatic heterocycles. The molecule has 0 spiro atoms. The Kier molecular flexibility index (Phi) is 7.66. The molecule has 0 saturated carbocycles. The maximum Gasteiger partial charge on any atom is 0.191 e. The third-order valence-corrected chi connectivity index (χ3v) is 4.18. The van der Waals surface area contributed by atoms with Crippen LogP contribution in [0.3, 0.4) is 0 Å². The summed E-state index contributed by atoms with van der Waals surface area (Å²) in [5.74, 6) is 2.17. The number of methoxy groups -OCH3 is 2. The molecule has 0 fully saturated rings. The fourth-order valence-corrected chi connectivity index (χ4v) is 3.05. The first kappa shape index (κ1) is 19.2. The fourth-order valence-electron chi connectivity index (χ4n) is 2.40. The smallest absolute Gasteiger partial charge is 0.191 e. The second-order valence-electron chi connectivity index (χ2n) is 5.36. The van der Waals surface area contributed by atoms with Crippen LogP contribution >= 0.6 is 15.9 Å². The van der Waals surface area contributed by atoms with E-state index in [1.807, 2.05) is 36.7 Å². The molecule has 0 unspecified atom stereocenters. The molecule has 25 heavy (non-hydrogen) atoms. The van der Waals surface area contributed by atoms with Gasteiger partial charge in [0.15, 0.2) is 17.5 Å². The van der Waals surface area contributed by atoms with Gasteiger partial charge in [-0.3, -0.25) is 0 Å². The van der Waals surface area contributed by atoms with Gasteiger partial charge in [0, 0.05) is 32.0 Å². The second kappa shape index (κ2) is 9.98. The summed E-state index contributed by atoms with van der Waals surface area (Å²) in [7, 11) is 3.25. The maximum absolute atomic E-state index is 5.38. The molecule has 136 valence electrons. The SMILES string of the molecule is CCNC(=NCc1cc(Br)c(OC)c(OC)c1)NCCn1cccc1. The summed E-state index contributed by atoms with van der Waals surface area (Å²) < 4.78 is 13.7. The summed E-state index contributed by atoms with van der Waals surface area (Å²) in [6.07, 6.45) is 4.10. The molecule has 0 aliphatic rings. The van der Waals surface area contributed by atoms with Crippen LogP contribution in [-0.2, 0) is 13.1 Å². The van der Waals surface area contributed by atoms with Gasteiger partial charge in [-0.25, -0.2) is 4.99 Å². The van der Waals surface area contributed by atoms with Crippen LogP contribution in [-0.4, -0.2) is 37.8 Å². The summed E-state index contributed by atoms with van der Waals surface area (Å²) in [5.41, 5.74) is 1.03. The van der Waals surface area contributed by atoms with Gasteiger partial charge in [0.2, 0.25) is 0 Å². The highest BCUT2D eigenvalue weighted by Gasteiger charge is 2.10. The van der Waals surface area contributed by atoms with Gasteiger partial charge in [-0.15, -0.1) is 0 Å². The first-order valence-electron chi connectivity index (χ1n) is 8.21. The number of halogens is 1. The lowest BCUT2D eigenvalue weighted by molar-refractivity contribution is 0.352. The van der Waals surface area contributed by atoms with Gasteiger partial charge in [0.05, 0.1) is 25.2 Å². The molecule has 0 saturated heterocycles. The van der Waals surface area contributed by atoms with Crippen molar-refractivity contribution in [3.8, 4) is 11.5 Å². The molecule has 1 heterocycles. The van der Waals surface area contributed by atoms with Crippen molar-refractivity contribution in [1.29, 1.82) is 0 Å². The van der Waals surface area contributed by atoms with E-state index in [4.69, 9.17) is 9.47 Å². The molecule has 0 amide bonds. The van der Waals surface area contributed by atoms with E-state index in [0.29, 0.717) is 18.0 Å². The molecule has 0 aliphatic carbocycles. The minimum atomic E-state index is 0.539. The molecule has 0 bridgehead atoms. The fraction of sp³-hybridized carbons (Fsp3) is 0.389. The number of hydrogen-bond acceptors (Lipinski definition) is 3. The zero-order chi connectivity index (χ0) is 18.1. The summed E-state index contributed by atoms with van der Waals surface area (Å²) in [4.78, 5) is 4.64. The molecule has 2 rings (SSSR count). The Labute approximate surface area is 157 Å².